The van der Waals surface area contributed by atoms with Crippen LogP contribution in [0.3, 0.4) is 0 Å². The minimum Gasteiger partial charge on any atom is -0.342 e. The summed E-state index contributed by atoms with van der Waals surface area (Å²) >= 11 is 0. The highest BCUT2D eigenvalue weighted by atomic mass is 16.5. The van der Waals surface area contributed by atoms with Crippen molar-refractivity contribution in [2.24, 2.45) is 5.92 Å². The Labute approximate surface area is 107 Å². The maximum Gasteiger partial charge on any atom is 0.225 e. The molecule has 2 heterocycles. The van der Waals surface area contributed by atoms with Gasteiger partial charge in [-0.1, -0.05) is 11.6 Å². The van der Waals surface area contributed by atoms with Crippen LogP contribution in [0.15, 0.2) is 4.52 Å². The van der Waals surface area contributed by atoms with Crippen LogP contribution in [0.25, 0.3) is 0 Å². The maximum absolute atomic E-state index is 12.1. The summed E-state index contributed by atoms with van der Waals surface area (Å²) in [5.74, 6) is 2.46. The Morgan fingerprint density at radius 2 is 2.00 bits per heavy atom. The largest absolute Gasteiger partial charge is 0.342 e. The lowest BCUT2D eigenvalue weighted by atomic mass is 9.83. The van der Waals surface area contributed by atoms with E-state index in [-0.39, 0.29) is 0 Å². The Hall–Kier alpha value is -1.39. The van der Waals surface area contributed by atoms with E-state index in [0.29, 0.717) is 23.6 Å². The van der Waals surface area contributed by atoms with Gasteiger partial charge in [-0.25, -0.2) is 0 Å². The minimum atomic E-state index is 0.314. The monoisotopic (exact) mass is 249 g/mol. The van der Waals surface area contributed by atoms with Crippen LogP contribution in [-0.4, -0.2) is 34.0 Å². The van der Waals surface area contributed by atoms with Gasteiger partial charge >= 0.3 is 0 Å². The van der Waals surface area contributed by atoms with Gasteiger partial charge in [-0.05, 0) is 25.7 Å². The summed E-state index contributed by atoms with van der Waals surface area (Å²) in [4.78, 5) is 18.4. The van der Waals surface area contributed by atoms with Crippen molar-refractivity contribution >= 4 is 5.91 Å². The fourth-order valence-corrected chi connectivity index (χ4v) is 2.75. The molecule has 2 aliphatic rings. The summed E-state index contributed by atoms with van der Waals surface area (Å²) in [7, 11) is 0. The quantitative estimate of drug-likeness (QED) is 0.803. The Balaban J connectivity index is 1.56. The number of carbonyl (C=O) groups excluding carboxylic acids is 1. The fraction of sp³-hybridized carbons (Fsp3) is 0.769. The highest BCUT2D eigenvalue weighted by Crippen LogP contribution is 2.31. The molecule has 1 saturated heterocycles. The molecule has 5 nitrogen and oxygen atoms in total. The SMILES string of the molecule is Cc1nc(C2CCN(C(=O)C3CCC3)CC2)no1. The van der Waals surface area contributed by atoms with Crippen LogP contribution in [0.5, 0.6) is 0 Å². The van der Waals surface area contributed by atoms with Crippen LogP contribution in [0, 0.1) is 12.8 Å². The van der Waals surface area contributed by atoms with Gasteiger partial charge in [0.2, 0.25) is 11.8 Å². The number of rotatable bonds is 2. The topological polar surface area (TPSA) is 59.2 Å². The van der Waals surface area contributed by atoms with E-state index in [1.165, 1.54) is 6.42 Å². The lowest BCUT2D eigenvalue weighted by Gasteiger charge is -2.35. The number of piperidine rings is 1. The van der Waals surface area contributed by atoms with Crippen LogP contribution >= 0.6 is 0 Å². The first kappa shape index (κ1) is 11.7. The molecule has 0 spiro atoms. The van der Waals surface area contributed by atoms with Crippen molar-refractivity contribution in [3.63, 3.8) is 0 Å². The van der Waals surface area contributed by atoms with Crippen LogP contribution in [-0.2, 0) is 4.79 Å². The zero-order valence-corrected chi connectivity index (χ0v) is 10.8. The molecular weight excluding hydrogens is 230 g/mol. The van der Waals surface area contributed by atoms with Crippen molar-refractivity contribution in [1.29, 1.82) is 0 Å². The van der Waals surface area contributed by atoms with E-state index >= 15 is 0 Å². The van der Waals surface area contributed by atoms with E-state index in [1.807, 2.05) is 11.8 Å². The van der Waals surface area contributed by atoms with Gasteiger partial charge in [-0.15, -0.1) is 0 Å². The van der Waals surface area contributed by atoms with Crippen molar-refractivity contribution in [3.8, 4) is 0 Å². The Kier molecular flexibility index (Phi) is 3.06. The summed E-state index contributed by atoms with van der Waals surface area (Å²) in [6.45, 7) is 3.49. The Morgan fingerprint density at radius 1 is 1.28 bits per heavy atom. The van der Waals surface area contributed by atoms with E-state index in [1.54, 1.807) is 0 Å². The molecule has 0 unspecified atom stereocenters. The predicted octanol–water partition coefficient (Wildman–Crippen LogP) is 1.88. The van der Waals surface area contributed by atoms with E-state index in [0.717, 1.165) is 44.6 Å². The number of hydrogen-bond donors (Lipinski definition) is 0. The second kappa shape index (κ2) is 4.71. The molecule has 3 rings (SSSR count). The Bertz CT molecular complexity index is 431. The van der Waals surface area contributed by atoms with Gasteiger partial charge < -0.3 is 9.42 Å². The average molecular weight is 249 g/mol. The molecule has 0 N–H and O–H groups in total. The Morgan fingerprint density at radius 3 is 2.50 bits per heavy atom. The van der Waals surface area contributed by atoms with Gasteiger partial charge in [0.25, 0.3) is 0 Å². The number of carbonyl (C=O) groups is 1. The molecule has 2 fully saturated rings. The molecule has 5 heteroatoms. The highest BCUT2D eigenvalue weighted by molar-refractivity contribution is 5.79. The number of hydrogen-bond acceptors (Lipinski definition) is 4. The number of aromatic nitrogens is 2. The standard InChI is InChI=1S/C13H19N3O2/c1-9-14-12(15-18-9)10-5-7-16(8-6-10)13(17)11-3-2-4-11/h10-11H,2-8H2,1H3. The third kappa shape index (κ3) is 2.13. The molecule has 0 radical (unpaired) electrons. The van der Waals surface area contributed by atoms with Crippen molar-refractivity contribution in [2.45, 2.75) is 44.9 Å². The third-order valence-electron chi connectivity index (χ3n) is 4.17. The third-order valence-corrected chi connectivity index (χ3v) is 4.17. The zero-order chi connectivity index (χ0) is 12.5. The first-order valence-corrected chi connectivity index (χ1v) is 6.83. The van der Waals surface area contributed by atoms with Gasteiger partial charge in [-0.2, -0.15) is 4.98 Å². The summed E-state index contributed by atoms with van der Waals surface area (Å²) < 4.78 is 5.02. The van der Waals surface area contributed by atoms with Crippen LogP contribution in [0.2, 0.25) is 0 Å². The molecular formula is C13H19N3O2. The number of amides is 1. The minimum absolute atomic E-state index is 0.314. The van der Waals surface area contributed by atoms with Gasteiger partial charge in [0.1, 0.15) is 0 Å². The van der Waals surface area contributed by atoms with Crippen LogP contribution in [0.4, 0.5) is 0 Å². The highest BCUT2D eigenvalue weighted by Gasteiger charge is 2.32. The smallest absolute Gasteiger partial charge is 0.225 e. The van der Waals surface area contributed by atoms with Gasteiger partial charge in [0.05, 0.1) is 0 Å². The molecule has 18 heavy (non-hydrogen) atoms. The molecule has 1 aromatic rings. The first-order valence-electron chi connectivity index (χ1n) is 6.83. The summed E-state index contributed by atoms with van der Waals surface area (Å²) in [6, 6.07) is 0. The van der Waals surface area contributed by atoms with Crippen molar-refractivity contribution < 1.29 is 9.32 Å². The molecule has 0 atom stereocenters. The second-order valence-corrected chi connectivity index (χ2v) is 5.40. The maximum atomic E-state index is 12.1. The average Bonchev–Trinajstić information content (AvgIpc) is 2.74. The predicted molar refractivity (Wildman–Crippen MR) is 64.9 cm³/mol. The van der Waals surface area contributed by atoms with E-state index in [9.17, 15) is 4.79 Å². The van der Waals surface area contributed by atoms with Crippen LogP contribution < -0.4 is 0 Å². The lowest BCUT2D eigenvalue weighted by Crippen LogP contribution is -2.43. The van der Waals surface area contributed by atoms with Gasteiger partial charge in [0, 0.05) is 31.8 Å². The van der Waals surface area contributed by atoms with Crippen LogP contribution in [0.1, 0.15) is 49.7 Å². The van der Waals surface area contributed by atoms with Crippen molar-refractivity contribution in [3.05, 3.63) is 11.7 Å². The fourth-order valence-electron chi connectivity index (χ4n) is 2.75. The van der Waals surface area contributed by atoms with Gasteiger partial charge in [0.15, 0.2) is 5.82 Å². The number of aryl methyl sites for hydroxylation is 1. The summed E-state index contributed by atoms with van der Waals surface area (Å²) in [5, 5.41) is 3.98. The number of nitrogens with zero attached hydrogens (tertiary/aromatic N) is 3. The van der Waals surface area contributed by atoms with Gasteiger partial charge in [-0.3, -0.25) is 4.79 Å². The van der Waals surface area contributed by atoms with Crippen molar-refractivity contribution in [1.82, 2.24) is 15.0 Å². The molecule has 1 amide bonds. The zero-order valence-electron chi connectivity index (χ0n) is 10.8. The normalized spacial score (nSPS) is 21.9. The van der Waals surface area contributed by atoms with E-state index < -0.39 is 0 Å². The van der Waals surface area contributed by atoms with E-state index in [2.05, 4.69) is 10.1 Å². The van der Waals surface area contributed by atoms with Crippen molar-refractivity contribution in [2.75, 3.05) is 13.1 Å². The van der Waals surface area contributed by atoms with E-state index in [4.69, 9.17) is 4.52 Å². The lowest BCUT2D eigenvalue weighted by molar-refractivity contribution is -0.139. The molecule has 1 aromatic heterocycles. The second-order valence-electron chi connectivity index (χ2n) is 5.40. The summed E-state index contributed by atoms with van der Waals surface area (Å²) in [6.07, 6.45) is 5.30. The molecule has 0 aromatic carbocycles. The molecule has 1 aliphatic carbocycles. The summed E-state index contributed by atoms with van der Waals surface area (Å²) in [5.41, 5.74) is 0. The first-order chi connectivity index (χ1) is 8.74. The molecule has 1 saturated carbocycles. The molecule has 1 aliphatic heterocycles. The molecule has 0 bridgehead atoms. The number of likely N-dealkylation sites (tertiary alicyclic amines) is 1. The molecule has 98 valence electrons.